The zero-order valence-corrected chi connectivity index (χ0v) is 6.35. The second-order valence-electron chi connectivity index (χ2n) is 1.68. The molecule has 1 atom stereocenters. The quantitative estimate of drug-likeness (QED) is 0.521. The second-order valence-corrected chi connectivity index (χ2v) is 4.82. The highest BCUT2D eigenvalue weighted by Gasteiger charge is 2.15. The molecule has 3 heteroatoms. The van der Waals surface area contributed by atoms with Crippen LogP contribution in [0.25, 0.3) is 0 Å². The molecule has 0 amide bonds. The van der Waals surface area contributed by atoms with E-state index in [1.807, 2.05) is 11.8 Å². The van der Waals surface area contributed by atoms with Gasteiger partial charge in [-0.25, -0.2) is 0 Å². The average Bonchev–Trinajstić information content (AvgIpc) is 1.64. The van der Waals surface area contributed by atoms with Crippen LogP contribution in [0.5, 0.6) is 0 Å². The van der Waals surface area contributed by atoms with Crippen molar-refractivity contribution in [3.05, 3.63) is 0 Å². The molecule has 0 aromatic rings. The van der Waals surface area contributed by atoms with E-state index in [0.29, 0.717) is 9.70 Å². The Morgan fingerprint density at radius 2 is 2.50 bits per heavy atom. The molecule has 46 valence electrons. The van der Waals surface area contributed by atoms with Gasteiger partial charge in [0.1, 0.15) is 0 Å². The monoisotopic (exact) mass is 148 g/mol. The highest BCUT2D eigenvalue weighted by atomic mass is 32.2. The van der Waals surface area contributed by atoms with Gasteiger partial charge in [0.05, 0.1) is 4.58 Å². The minimum Gasteiger partial charge on any atom is -0.287 e. The van der Waals surface area contributed by atoms with E-state index in [-0.39, 0.29) is 0 Å². The maximum absolute atomic E-state index is 10.6. The highest BCUT2D eigenvalue weighted by Crippen LogP contribution is 2.30. The molecule has 1 rings (SSSR count). The van der Waals surface area contributed by atoms with Crippen LogP contribution in [-0.2, 0) is 4.79 Å². The van der Waals surface area contributed by atoms with Crippen LogP contribution in [0.2, 0.25) is 0 Å². The van der Waals surface area contributed by atoms with E-state index in [1.54, 1.807) is 0 Å². The first-order chi connectivity index (χ1) is 3.79. The second kappa shape index (κ2) is 2.78. The fraction of sp³-hybridized carbons (Fsp3) is 0.800. The van der Waals surface area contributed by atoms with Gasteiger partial charge in [0.15, 0.2) is 5.12 Å². The molecular weight excluding hydrogens is 140 g/mol. The Bertz CT molecular complexity index is 103. The van der Waals surface area contributed by atoms with Crippen molar-refractivity contribution >= 4 is 28.6 Å². The lowest BCUT2D eigenvalue weighted by Gasteiger charge is -2.13. The summed E-state index contributed by atoms with van der Waals surface area (Å²) in [5.74, 6) is 1.02. The van der Waals surface area contributed by atoms with Crippen molar-refractivity contribution in [1.29, 1.82) is 0 Å². The zero-order valence-electron chi connectivity index (χ0n) is 4.72. The van der Waals surface area contributed by atoms with Crippen molar-refractivity contribution in [2.45, 2.75) is 17.9 Å². The SMILES string of the molecule is CC1SCCC(=O)S1. The van der Waals surface area contributed by atoms with E-state index in [9.17, 15) is 4.79 Å². The van der Waals surface area contributed by atoms with Crippen molar-refractivity contribution in [3.63, 3.8) is 0 Å². The van der Waals surface area contributed by atoms with Crippen LogP contribution in [0.3, 0.4) is 0 Å². The number of carbonyl (C=O) groups excluding carboxylic acids is 1. The maximum Gasteiger partial charge on any atom is 0.190 e. The Kier molecular flexibility index (Phi) is 2.26. The van der Waals surface area contributed by atoms with Gasteiger partial charge >= 0.3 is 0 Å². The molecule has 0 saturated carbocycles. The van der Waals surface area contributed by atoms with Crippen LogP contribution < -0.4 is 0 Å². The molecule has 1 aliphatic rings. The highest BCUT2D eigenvalue weighted by molar-refractivity contribution is 8.25. The summed E-state index contributed by atoms with van der Waals surface area (Å²) in [5.41, 5.74) is 0. The Balaban J connectivity index is 2.34. The topological polar surface area (TPSA) is 17.1 Å². The van der Waals surface area contributed by atoms with Gasteiger partial charge in [0.25, 0.3) is 0 Å². The van der Waals surface area contributed by atoms with Gasteiger partial charge in [-0.1, -0.05) is 11.8 Å². The minimum absolute atomic E-state index is 0.358. The lowest BCUT2D eigenvalue weighted by atomic mass is 10.5. The molecule has 1 heterocycles. The molecule has 8 heavy (non-hydrogen) atoms. The van der Waals surface area contributed by atoms with Crippen molar-refractivity contribution in [3.8, 4) is 0 Å². The molecule has 1 saturated heterocycles. The summed E-state index contributed by atoms with van der Waals surface area (Å²) < 4.78 is 0.497. The Morgan fingerprint density at radius 3 is 2.88 bits per heavy atom. The van der Waals surface area contributed by atoms with E-state index in [0.717, 1.165) is 12.2 Å². The summed E-state index contributed by atoms with van der Waals surface area (Å²) in [7, 11) is 0. The smallest absolute Gasteiger partial charge is 0.190 e. The van der Waals surface area contributed by atoms with E-state index in [4.69, 9.17) is 0 Å². The number of carbonyl (C=O) groups is 1. The summed E-state index contributed by atoms with van der Waals surface area (Å²) in [6.45, 7) is 2.08. The number of hydrogen-bond donors (Lipinski definition) is 0. The molecule has 0 aromatic heterocycles. The average molecular weight is 148 g/mol. The number of hydrogen-bond acceptors (Lipinski definition) is 3. The van der Waals surface area contributed by atoms with E-state index >= 15 is 0 Å². The molecule has 1 unspecified atom stereocenters. The molecule has 0 radical (unpaired) electrons. The molecule has 0 aliphatic carbocycles. The summed E-state index contributed by atoms with van der Waals surface area (Å²) in [4.78, 5) is 10.6. The molecule has 0 bridgehead atoms. The first kappa shape index (κ1) is 6.49. The predicted octanol–water partition coefficient (Wildman–Crippen LogP) is 1.73. The van der Waals surface area contributed by atoms with Gasteiger partial charge in [-0.2, -0.15) is 0 Å². The zero-order chi connectivity index (χ0) is 5.98. The first-order valence-electron chi connectivity index (χ1n) is 2.60. The molecule has 0 N–H and O–H groups in total. The van der Waals surface area contributed by atoms with Crippen LogP contribution >= 0.6 is 23.5 Å². The third-order valence-electron chi connectivity index (χ3n) is 0.956. The largest absolute Gasteiger partial charge is 0.287 e. The first-order valence-corrected chi connectivity index (χ1v) is 4.53. The Hall–Kier alpha value is 0.370. The van der Waals surface area contributed by atoms with Crippen LogP contribution in [0.4, 0.5) is 0 Å². The summed E-state index contributed by atoms with van der Waals surface area (Å²) in [6, 6.07) is 0. The Morgan fingerprint density at radius 1 is 1.75 bits per heavy atom. The van der Waals surface area contributed by atoms with E-state index < -0.39 is 0 Å². The van der Waals surface area contributed by atoms with Crippen LogP contribution in [0.15, 0.2) is 0 Å². The van der Waals surface area contributed by atoms with Gasteiger partial charge < -0.3 is 0 Å². The molecule has 1 nitrogen and oxygen atoms in total. The van der Waals surface area contributed by atoms with E-state index in [2.05, 4.69) is 6.92 Å². The standard InChI is InChI=1S/C5H8OS2/c1-4-7-3-2-5(6)8-4/h4H,2-3H2,1H3. The van der Waals surface area contributed by atoms with Crippen molar-refractivity contribution < 1.29 is 4.79 Å². The minimum atomic E-state index is 0.358. The van der Waals surface area contributed by atoms with Crippen molar-refractivity contribution in [2.24, 2.45) is 0 Å². The van der Waals surface area contributed by atoms with Crippen LogP contribution in [0, 0.1) is 0 Å². The lowest BCUT2D eigenvalue weighted by molar-refractivity contribution is -0.110. The number of rotatable bonds is 0. The molecular formula is C5H8OS2. The molecule has 0 spiro atoms. The van der Waals surface area contributed by atoms with Gasteiger partial charge in [0, 0.05) is 12.2 Å². The summed E-state index contributed by atoms with van der Waals surface area (Å²) >= 11 is 3.33. The Labute approximate surface area is 57.6 Å². The normalized spacial score (nSPS) is 30.6. The summed E-state index contributed by atoms with van der Waals surface area (Å²) in [5, 5.41) is 0.358. The predicted molar refractivity (Wildman–Crippen MR) is 39.1 cm³/mol. The number of thioether (sulfide) groups is 2. The fourth-order valence-corrected chi connectivity index (χ4v) is 2.82. The maximum atomic E-state index is 10.6. The van der Waals surface area contributed by atoms with Gasteiger partial charge in [0.2, 0.25) is 0 Å². The summed E-state index contributed by atoms with van der Waals surface area (Å²) in [6.07, 6.45) is 0.764. The van der Waals surface area contributed by atoms with Gasteiger partial charge in [-0.15, -0.1) is 11.8 Å². The van der Waals surface area contributed by atoms with Crippen LogP contribution in [-0.4, -0.2) is 15.5 Å². The van der Waals surface area contributed by atoms with Gasteiger partial charge in [-0.05, 0) is 6.92 Å². The van der Waals surface area contributed by atoms with Crippen LogP contribution in [0.1, 0.15) is 13.3 Å². The van der Waals surface area contributed by atoms with Gasteiger partial charge in [-0.3, -0.25) is 4.79 Å². The van der Waals surface area contributed by atoms with Crippen molar-refractivity contribution in [2.75, 3.05) is 5.75 Å². The third-order valence-corrected chi connectivity index (χ3v) is 3.36. The lowest BCUT2D eigenvalue weighted by Crippen LogP contribution is -2.07. The third kappa shape index (κ3) is 1.71. The van der Waals surface area contributed by atoms with Crippen molar-refractivity contribution in [1.82, 2.24) is 0 Å². The fourth-order valence-electron chi connectivity index (χ4n) is 0.586. The molecule has 1 aliphatic heterocycles. The molecule has 1 fully saturated rings. The van der Waals surface area contributed by atoms with E-state index in [1.165, 1.54) is 11.8 Å². The molecule has 0 aromatic carbocycles.